The number of hydrogen-bond acceptors (Lipinski definition) is 4. The van der Waals surface area contributed by atoms with Crippen LogP contribution in [0.3, 0.4) is 0 Å². The summed E-state index contributed by atoms with van der Waals surface area (Å²) in [5.41, 5.74) is 6.76. The molecule has 2 heterocycles. The van der Waals surface area contributed by atoms with Crippen molar-refractivity contribution in [3.8, 4) is 0 Å². The summed E-state index contributed by atoms with van der Waals surface area (Å²) in [6, 6.07) is 12.8. The standard InChI is InChI=1S/C16H9ClN2OS/c17-8-5-6-10-12(7-8)21-15-13(14(10)20)9-3-1-2-4-11(9)19-16(15)18/h1-7H,(H2,18,19). The summed E-state index contributed by atoms with van der Waals surface area (Å²) in [5, 5.41) is 2.73. The number of aromatic nitrogens is 1. The van der Waals surface area contributed by atoms with Gasteiger partial charge in [-0.05, 0) is 24.3 Å². The first-order valence-electron chi connectivity index (χ1n) is 6.35. The Morgan fingerprint density at radius 1 is 1.10 bits per heavy atom. The van der Waals surface area contributed by atoms with Crippen LogP contribution >= 0.6 is 22.9 Å². The van der Waals surface area contributed by atoms with Crippen molar-refractivity contribution in [3.05, 3.63) is 57.7 Å². The molecule has 3 nitrogen and oxygen atoms in total. The molecule has 0 radical (unpaired) electrons. The number of pyridine rings is 1. The molecule has 21 heavy (non-hydrogen) atoms. The van der Waals surface area contributed by atoms with Crippen LogP contribution < -0.4 is 11.2 Å². The fraction of sp³-hybridized carbons (Fsp3) is 0. The second kappa shape index (κ2) is 4.41. The fourth-order valence-electron chi connectivity index (χ4n) is 2.56. The Hall–Kier alpha value is -2.17. The van der Waals surface area contributed by atoms with E-state index in [0.717, 1.165) is 15.6 Å². The smallest absolute Gasteiger partial charge is 0.196 e. The van der Waals surface area contributed by atoms with Crippen LogP contribution in [0.15, 0.2) is 47.3 Å². The molecular formula is C16H9ClN2OS. The number of hydrogen-bond donors (Lipinski definition) is 1. The Morgan fingerprint density at radius 2 is 1.90 bits per heavy atom. The molecule has 0 bridgehead atoms. The molecule has 2 aromatic heterocycles. The van der Waals surface area contributed by atoms with Crippen LogP contribution in [0.1, 0.15) is 0 Å². The normalized spacial score (nSPS) is 11.5. The predicted molar refractivity (Wildman–Crippen MR) is 90.3 cm³/mol. The average Bonchev–Trinajstić information content (AvgIpc) is 2.47. The largest absolute Gasteiger partial charge is 0.382 e. The maximum atomic E-state index is 12.8. The van der Waals surface area contributed by atoms with Gasteiger partial charge in [0.1, 0.15) is 5.82 Å². The number of para-hydroxylation sites is 1. The van der Waals surface area contributed by atoms with Crippen molar-refractivity contribution in [2.24, 2.45) is 0 Å². The van der Waals surface area contributed by atoms with E-state index in [4.69, 9.17) is 17.3 Å². The summed E-state index contributed by atoms with van der Waals surface area (Å²) in [4.78, 5) is 17.2. The number of rotatable bonds is 0. The molecule has 0 fully saturated rings. The molecule has 0 amide bonds. The molecule has 0 saturated heterocycles. The lowest BCUT2D eigenvalue weighted by molar-refractivity contribution is 1.45. The lowest BCUT2D eigenvalue weighted by Crippen LogP contribution is -2.04. The SMILES string of the molecule is Nc1nc2ccccc2c2c(=O)c3ccc(Cl)cc3sc12. The Kier molecular flexibility index (Phi) is 2.64. The second-order valence-corrected chi connectivity index (χ2v) is 6.28. The summed E-state index contributed by atoms with van der Waals surface area (Å²) in [6.07, 6.45) is 0. The minimum absolute atomic E-state index is 0.0271. The third-order valence-corrected chi connectivity index (χ3v) is 4.91. The molecule has 0 aliphatic rings. The summed E-state index contributed by atoms with van der Waals surface area (Å²) < 4.78 is 1.54. The van der Waals surface area contributed by atoms with Crippen LogP contribution in [0.2, 0.25) is 5.02 Å². The number of halogens is 1. The number of nitrogens with two attached hydrogens (primary N) is 1. The van der Waals surface area contributed by atoms with E-state index >= 15 is 0 Å². The first kappa shape index (κ1) is 12.6. The van der Waals surface area contributed by atoms with Gasteiger partial charge < -0.3 is 5.73 Å². The molecule has 0 aliphatic carbocycles. The van der Waals surface area contributed by atoms with Crippen LogP contribution in [-0.2, 0) is 0 Å². The zero-order valence-corrected chi connectivity index (χ0v) is 12.3. The van der Waals surface area contributed by atoms with Gasteiger partial charge in [0.05, 0.1) is 15.6 Å². The highest BCUT2D eigenvalue weighted by Gasteiger charge is 2.13. The first-order chi connectivity index (χ1) is 10.1. The van der Waals surface area contributed by atoms with Crippen molar-refractivity contribution < 1.29 is 0 Å². The van der Waals surface area contributed by atoms with Crippen LogP contribution in [0.5, 0.6) is 0 Å². The van der Waals surface area contributed by atoms with Crippen molar-refractivity contribution in [2.75, 3.05) is 5.73 Å². The number of nitrogen functional groups attached to an aromatic ring is 1. The zero-order chi connectivity index (χ0) is 14.6. The van der Waals surface area contributed by atoms with Gasteiger partial charge in [0.15, 0.2) is 5.43 Å². The molecule has 4 rings (SSSR count). The second-order valence-electron chi connectivity index (χ2n) is 4.79. The maximum Gasteiger partial charge on any atom is 0.196 e. The molecule has 0 spiro atoms. The minimum atomic E-state index is -0.0271. The Balaban J connectivity index is 2.36. The Bertz CT molecular complexity index is 1090. The van der Waals surface area contributed by atoms with Crippen LogP contribution in [0, 0.1) is 0 Å². The van der Waals surface area contributed by atoms with Gasteiger partial charge in [-0.25, -0.2) is 4.98 Å². The van der Waals surface area contributed by atoms with Crippen LogP contribution in [0.25, 0.3) is 31.1 Å². The third-order valence-electron chi connectivity index (χ3n) is 3.50. The number of anilines is 1. The van der Waals surface area contributed by atoms with Crippen molar-refractivity contribution in [3.63, 3.8) is 0 Å². The van der Waals surface area contributed by atoms with Crippen LogP contribution in [0.4, 0.5) is 5.82 Å². The van der Waals surface area contributed by atoms with E-state index in [1.54, 1.807) is 18.2 Å². The molecule has 4 aromatic rings. The van der Waals surface area contributed by atoms with E-state index in [9.17, 15) is 4.79 Å². The monoisotopic (exact) mass is 312 g/mol. The lowest BCUT2D eigenvalue weighted by atomic mass is 10.1. The van der Waals surface area contributed by atoms with Gasteiger partial charge in [0, 0.05) is 20.5 Å². The maximum absolute atomic E-state index is 12.8. The summed E-state index contributed by atoms with van der Waals surface area (Å²) in [7, 11) is 0. The van der Waals surface area contributed by atoms with Gasteiger partial charge in [-0.3, -0.25) is 4.79 Å². The quantitative estimate of drug-likeness (QED) is 0.391. The summed E-state index contributed by atoms with van der Waals surface area (Å²) in [6.45, 7) is 0. The third kappa shape index (κ3) is 1.80. The van der Waals surface area contributed by atoms with E-state index in [1.165, 1.54) is 11.3 Å². The van der Waals surface area contributed by atoms with Gasteiger partial charge in [-0.2, -0.15) is 0 Å². The number of benzene rings is 2. The van der Waals surface area contributed by atoms with Gasteiger partial charge in [-0.1, -0.05) is 29.8 Å². The predicted octanol–water partition coefficient (Wildman–Crippen LogP) is 4.20. The molecule has 0 aliphatic heterocycles. The molecule has 0 atom stereocenters. The van der Waals surface area contributed by atoms with E-state index in [1.807, 2.05) is 24.3 Å². The van der Waals surface area contributed by atoms with Gasteiger partial charge in [0.25, 0.3) is 0 Å². The highest BCUT2D eigenvalue weighted by molar-refractivity contribution is 7.25. The summed E-state index contributed by atoms with van der Waals surface area (Å²) >= 11 is 7.46. The highest BCUT2D eigenvalue weighted by Crippen LogP contribution is 2.33. The molecule has 0 unspecified atom stereocenters. The van der Waals surface area contributed by atoms with E-state index in [0.29, 0.717) is 26.3 Å². The van der Waals surface area contributed by atoms with E-state index < -0.39 is 0 Å². The highest BCUT2D eigenvalue weighted by atomic mass is 35.5. The fourth-order valence-corrected chi connectivity index (χ4v) is 3.92. The molecule has 102 valence electrons. The van der Waals surface area contributed by atoms with E-state index in [-0.39, 0.29) is 5.43 Å². The molecule has 2 N–H and O–H groups in total. The molecule has 5 heteroatoms. The number of fused-ring (bicyclic) bond motifs is 4. The average molecular weight is 313 g/mol. The van der Waals surface area contributed by atoms with Crippen molar-refractivity contribution in [1.29, 1.82) is 0 Å². The van der Waals surface area contributed by atoms with Crippen molar-refractivity contribution >= 4 is 59.8 Å². The topological polar surface area (TPSA) is 56.0 Å². The molecule has 2 aromatic carbocycles. The Morgan fingerprint density at radius 3 is 2.76 bits per heavy atom. The summed E-state index contributed by atoms with van der Waals surface area (Å²) in [5.74, 6) is 0.382. The molecular weight excluding hydrogens is 304 g/mol. The van der Waals surface area contributed by atoms with Gasteiger partial charge in [0.2, 0.25) is 0 Å². The van der Waals surface area contributed by atoms with Gasteiger partial charge >= 0.3 is 0 Å². The molecule has 0 saturated carbocycles. The van der Waals surface area contributed by atoms with Crippen molar-refractivity contribution in [2.45, 2.75) is 0 Å². The van der Waals surface area contributed by atoms with Gasteiger partial charge in [-0.15, -0.1) is 11.3 Å². The Labute approximate surface area is 128 Å². The number of nitrogens with zero attached hydrogens (tertiary/aromatic N) is 1. The van der Waals surface area contributed by atoms with E-state index in [2.05, 4.69) is 4.98 Å². The van der Waals surface area contributed by atoms with Crippen molar-refractivity contribution in [1.82, 2.24) is 4.98 Å². The minimum Gasteiger partial charge on any atom is -0.382 e. The first-order valence-corrected chi connectivity index (χ1v) is 7.55. The lowest BCUT2D eigenvalue weighted by Gasteiger charge is -2.07. The van der Waals surface area contributed by atoms with Crippen LogP contribution in [-0.4, -0.2) is 4.98 Å². The zero-order valence-electron chi connectivity index (χ0n) is 10.8.